The molecule has 5 heteroatoms. The first-order valence-corrected chi connectivity index (χ1v) is 7.37. The molecule has 0 aliphatic carbocycles. The van der Waals surface area contributed by atoms with Crippen molar-refractivity contribution in [1.29, 1.82) is 0 Å². The Bertz CT molecular complexity index is 687. The van der Waals surface area contributed by atoms with E-state index in [0.29, 0.717) is 6.04 Å². The molecule has 20 heavy (non-hydrogen) atoms. The van der Waals surface area contributed by atoms with Gasteiger partial charge in [0.25, 0.3) is 0 Å². The van der Waals surface area contributed by atoms with Gasteiger partial charge in [-0.2, -0.15) is 0 Å². The summed E-state index contributed by atoms with van der Waals surface area (Å²) in [5.74, 6) is 0. The van der Waals surface area contributed by atoms with Crippen molar-refractivity contribution in [2.45, 2.75) is 19.9 Å². The zero-order valence-corrected chi connectivity index (χ0v) is 12.3. The predicted octanol–water partition coefficient (Wildman–Crippen LogP) is 3.81. The highest BCUT2D eigenvalue weighted by atomic mass is 32.1. The number of aromatic nitrogens is 3. The minimum atomic E-state index is 0.297. The largest absolute Gasteiger partial charge is 0.378 e. The summed E-state index contributed by atoms with van der Waals surface area (Å²) in [5.41, 5.74) is 3.48. The first kappa shape index (κ1) is 12.9. The Kier molecular flexibility index (Phi) is 3.52. The van der Waals surface area contributed by atoms with E-state index in [1.54, 1.807) is 24.0 Å². The second-order valence-corrected chi connectivity index (χ2v) is 5.70. The third-order valence-electron chi connectivity index (χ3n) is 3.24. The van der Waals surface area contributed by atoms with E-state index in [0.717, 1.165) is 11.4 Å². The topological polar surface area (TPSA) is 42.7 Å². The molecule has 0 radical (unpaired) electrons. The smallest absolute Gasteiger partial charge is 0.123 e. The third-order valence-corrected chi connectivity index (χ3v) is 4.44. The first-order valence-electron chi connectivity index (χ1n) is 6.49. The molecule has 1 unspecified atom stereocenters. The molecule has 102 valence electrons. The Hall–Kier alpha value is -2.14. The summed E-state index contributed by atoms with van der Waals surface area (Å²) in [6.07, 6.45) is 3.40. The van der Waals surface area contributed by atoms with E-state index < -0.39 is 0 Å². The number of anilines is 1. The molecule has 0 aliphatic rings. The Labute approximate surface area is 122 Å². The van der Waals surface area contributed by atoms with Crippen LogP contribution in [-0.4, -0.2) is 14.8 Å². The van der Waals surface area contributed by atoms with Crippen molar-refractivity contribution in [1.82, 2.24) is 14.8 Å². The highest BCUT2D eigenvalue weighted by molar-refractivity contribution is 7.10. The van der Waals surface area contributed by atoms with E-state index in [4.69, 9.17) is 0 Å². The van der Waals surface area contributed by atoms with Gasteiger partial charge in [0.05, 0.1) is 11.7 Å². The monoisotopic (exact) mass is 284 g/mol. The first-order chi connectivity index (χ1) is 9.74. The number of thiophene rings is 1. The van der Waals surface area contributed by atoms with Gasteiger partial charge in [0.15, 0.2) is 0 Å². The molecule has 0 fully saturated rings. The molecule has 0 aliphatic heterocycles. The van der Waals surface area contributed by atoms with Crippen LogP contribution in [-0.2, 0) is 0 Å². The van der Waals surface area contributed by atoms with Crippen molar-refractivity contribution < 1.29 is 0 Å². The van der Waals surface area contributed by atoms with Crippen LogP contribution in [0.15, 0.2) is 48.4 Å². The second-order valence-electron chi connectivity index (χ2n) is 4.75. The lowest BCUT2D eigenvalue weighted by molar-refractivity contribution is 0.898. The van der Waals surface area contributed by atoms with Crippen LogP contribution in [0.3, 0.4) is 0 Å². The molecule has 3 rings (SSSR count). The lowest BCUT2D eigenvalue weighted by atomic mass is 10.2. The summed E-state index contributed by atoms with van der Waals surface area (Å²) in [4.78, 5) is 1.37. The van der Waals surface area contributed by atoms with Gasteiger partial charge in [-0.1, -0.05) is 6.07 Å². The molecule has 3 aromatic rings. The van der Waals surface area contributed by atoms with Crippen LogP contribution in [0.2, 0.25) is 0 Å². The van der Waals surface area contributed by atoms with E-state index in [-0.39, 0.29) is 0 Å². The standard InChI is InChI=1S/C15H16N4S/c1-11-6-7-20-15(11)12(2)18-13-4-3-5-14(8-13)19-9-16-17-10-19/h3-10,12,18H,1-2H3. The lowest BCUT2D eigenvalue weighted by Crippen LogP contribution is -2.06. The molecule has 1 atom stereocenters. The van der Waals surface area contributed by atoms with Gasteiger partial charge >= 0.3 is 0 Å². The van der Waals surface area contributed by atoms with Gasteiger partial charge in [-0.05, 0) is 49.1 Å². The highest BCUT2D eigenvalue weighted by Crippen LogP contribution is 2.27. The molecule has 1 aromatic carbocycles. The maximum Gasteiger partial charge on any atom is 0.123 e. The zero-order chi connectivity index (χ0) is 13.9. The SMILES string of the molecule is Cc1ccsc1C(C)Nc1cccc(-n2cnnc2)c1. The number of aryl methyl sites for hydroxylation is 1. The molecule has 1 N–H and O–H groups in total. The average Bonchev–Trinajstić information content (AvgIpc) is 3.09. The number of nitrogens with one attached hydrogen (secondary N) is 1. The van der Waals surface area contributed by atoms with E-state index in [1.165, 1.54) is 10.4 Å². The maximum atomic E-state index is 3.84. The van der Waals surface area contributed by atoms with Crippen LogP contribution in [0, 0.1) is 6.92 Å². The number of benzene rings is 1. The van der Waals surface area contributed by atoms with Crippen molar-refractivity contribution in [2.75, 3.05) is 5.32 Å². The summed E-state index contributed by atoms with van der Waals surface area (Å²) in [6.45, 7) is 4.34. The quantitative estimate of drug-likeness (QED) is 0.792. The fourth-order valence-electron chi connectivity index (χ4n) is 2.23. The van der Waals surface area contributed by atoms with Crippen LogP contribution in [0.1, 0.15) is 23.4 Å². The van der Waals surface area contributed by atoms with Gasteiger partial charge in [-0.15, -0.1) is 21.5 Å². The van der Waals surface area contributed by atoms with Crippen molar-refractivity contribution in [3.63, 3.8) is 0 Å². The normalized spacial score (nSPS) is 12.3. The Morgan fingerprint density at radius 3 is 2.70 bits per heavy atom. The molecule has 0 bridgehead atoms. The van der Waals surface area contributed by atoms with Gasteiger partial charge in [-0.3, -0.25) is 4.57 Å². The minimum Gasteiger partial charge on any atom is -0.378 e. The molecule has 0 saturated carbocycles. The van der Waals surface area contributed by atoms with Crippen LogP contribution < -0.4 is 5.32 Å². The van der Waals surface area contributed by atoms with Crippen LogP contribution in [0.25, 0.3) is 5.69 Å². The molecule has 2 aromatic heterocycles. The molecule has 0 amide bonds. The molecular formula is C15H16N4S. The average molecular weight is 284 g/mol. The number of nitrogens with zero attached hydrogens (tertiary/aromatic N) is 3. The van der Waals surface area contributed by atoms with Crippen LogP contribution >= 0.6 is 11.3 Å². The van der Waals surface area contributed by atoms with Crippen molar-refractivity contribution in [3.8, 4) is 5.69 Å². The fraction of sp³-hybridized carbons (Fsp3) is 0.200. The second kappa shape index (κ2) is 5.46. The van der Waals surface area contributed by atoms with E-state index in [9.17, 15) is 0 Å². The van der Waals surface area contributed by atoms with Crippen LogP contribution in [0.5, 0.6) is 0 Å². The Morgan fingerprint density at radius 2 is 2.00 bits per heavy atom. The number of hydrogen-bond acceptors (Lipinski definition) is 4. The van der Waals surface area contributed by atoms with Gasteiger partial charge in [-0.25, -0.2) is 0 Å². The number of hydrogen-bond donors (Lipinski definition) is 1. The molecule has 0 spiro atoms. The molecule has 4 nitrogen and oxygen atoms in total. The summed E-state index contributed by atoms with van der Waals surface area (Å²) in [5, 5.41) is 13.4. The minimum absolute atomic E-state index is 0.297. The van der Waals surface area contributed by atoms with Crippen molar-refractivity contribution in [2.24, 2.45) is 0 Å². The summed E-state index contributed by atoms with van der Waals surface area (Å²) in [7, 11) is 0. The van der Waals surface area contributed by atoms with Gasteiger partial charge < -0.3 is 5.32 Å². The van der Waals surface area contributed by atoms with Crippen molar-refractivity contribution in [3.05, 3.63) is 58.8 Å². The van der Waals surface area contributed by atoms with E-state index in [1.807, 2.05) is 16.7 Å². The number of rotatable bonds is 4. The molecular weight excluding hydrogens is 268 g/mol. The predicted molar refractivity (Wildman–Crippen MR) is 82.5 cm³/mol. The van der Waals surface area contributed by atoms with E-state index in [2.05, 4.69) is 52.9 Å². The third kappa shape index (κ3) is 2.58. The summed E-state index contributed by atoms with van der Waals surface area (Å²) in [6, 6.07) is 10.7. The van der Waals surface area contributed by atoms with Crippen LogP contribution in [0.4, 0.5) is 5.69 Å². The Balaban J connectivity index is 1.81. The highest BCUT2D eigenvalue weighted by Gasteiger charge is 2.09. The van der Waals surface area contributed by atoms with Crippen molar-refractivity contribution >= 4 is 17.0 Å². The zero-order valence-electron chi connectivity index (χ0n) is 11.4. The van der Waals surface area contributed by atoms with Gasteiger partial charge in [0.2, 0.25) is 0 Å². The van der Waals surface area contributed by atoms with E-state index >= 15 is 0 Å². The lowest BCUT2D eigenvalue weighted by Gasteiger charge is -2.15. The summed E-state index contributed by atoms with van der Waals surface area (Å²) >= 11 is 1.79. The van der Waals surface area contributed by atoms with Gasteiger partial charge in [0.1, 0.15) is 12.7 Å². The maximum absolute atomic E-state index is 3.84. The molecule has 0 saturated heterocycles. The fourth-order valence-corrected chi connectivity index (χ4v) is 3.17. The van der Waals surface area contributed by atoms with Gasteiger partial charge in [0, 0.05) is 10.6 Å². The molecule has 2 heterocycles. The Morgan fingerprint density at radius 1 is 1.20 bits per heavy atom. The summed E-state index contributed by atoms with van der Waals surface area (Å²) < 4.78 is 1.90.